The van der Waals surface area contributed by atoms with Gasteiger partial charge in [-0.05, 0) is 65.6 Å². The maximum Gasteiger partial charge on any atom is 0.416 e. The van der Waals surface area contributed by atoms with E-state index in [4.69, 9.17) is 16.3 Å². The van der Waals surface area contributed by atoms with Gasteiger partial charge in [-0.3, -0.25) is 4.79 Å². The number of hydrogen-bond acceptors (Lipinski definition) is 5. The SMILES string of the molecule is COc1ccccc1CCNC(=O)c1cccc(-c2cnc3c(c2)N(Cc2cc(Cl)ccc2C(F)(F)F)CCN3)c1. The summed E-state index contributed by atoms with van der Waals surface area (Å²) in [7, 11) is 1.62. The van der Waals surface area contributed by atoms with E-state index in [0.717, 1.165) is 28.5 Å². The van der Waals surface area contributed by atoms with Crippen molar-refractivity contribution in [3.05, 3.63) is 106 Å². The van der Waals surface area contributed by atoms with Crippen LogP contribution >= 0.6 is 11.6 Å². The summed E-state index contributed by atoms with van der Waals surface area (Å²) in [5.41, 5.74) is 3.05. The molecule has 0 bridgehead atoms. The third-order valence-corrected chi connectivity index (χ3v) is 7.18. The van der Waals surface area contributed by atoms with Crippen LogP contribution < -0.4 is 20.3 Å². The highest BCUT2D eigenvalue weighted by atomic mass is 35.5. The zero-order valence-electron chi connectivity index (χ0n) is 22.3. The molecule has 5 rings (SSSR count). The van der Waals surface area contributed by atoms with Crippen molar-refractivity contribution < 1.29 is 22.7 Å². The lowest BCUT2D eigenvalue weighted by molar-refractivity contribution is -0.138. The van der Waals surface area contributed by atoms with Crippen LogP contribution in [0.2, 0.25) is 5.02 Å². The van der Waals surface area contributed by atoms with Gasteiger partial charge in [-0.1, -0.05) is 41.9 Å². The van der Waals surface area contributed by atoms with Gasteiger partial charge in [-0.25, -0.2) is 4.98 Å². The molecule has 0 spiro atoms. The van der Waals surface area contributed by atoms with Gasteiger partial charge in [0.1, 0.15) is 11.6 Å². The quantitative estimate of drug-likeness (QED) is 0.239. The highest BCUT2D eigenvalue weighted by Crippen LogP contribution is 2.37. The summed E-state index contributed by atoms with van der Waals surface area (Å²) >= 11 is 6.06. The second kappa shape index (κ2) is 12.1. The number of hydrogen-bond donors (Lipinski definition) is 2. The number of aromatic nitrogens is 1. The molecule has 0 atom stereocenters. The fourth-order valence-electron chi connectivity index (χ4n) is 4.92. The van der Waals surface area contributed by atoms with Crippen molar-refractivity contribution in [1.29, 1.82) is 0 Å². The first-order valence-corrected chi connectivity index (χ1v) is 13.5. The van der Waals surface area contributed by atoms with Crippen LogP contribution in [0, 0.1) is 0 Å². The Kier molecular flexibility index (Phi) is 8.35. The van der Waals surface area contributed by atoms with E-state index in [1.165, 1.54) is 12.1 Å². The lowest BCUT2D eigenvalue weighted by Gasteiger charge is -2.32. The van der Waals surface area contributed by atoms with Crippen LogP contribution in [-0.4, -0.2) is 37.6 Å². The molecule has 0 aliphatic carbocycles. The Bertz CT molecular complexity index is 1560. The molecule has 3 aromatic carbocycles. The highest BCUT2D eigenvalue weighted by molar-refractivity contribution is 6.30. The van der Waals surface area contributed by atoms with Crippen LogP contribution in [0.5, 0.6) is 5.75 Å². The third-order valence-electron chi connectivity index (χ3n) is 6.95. The number of anilines is 2. The van der Waals surface area contributed by atoms with Gasteiger partial charge in [-0.15, -0.1) is 0 Å². The number of amides is 1. The number of carbonyl (C=O) groups is 1. The van der Waals surface area contributed by atoms with Gasteiger partial charge in [0.25, 0.3) is 5.91 Å². The summed E-state index contributed by atoms with van der Waals surface area (Å²) in [5.74, 6) is 1.15. The monoisotopic (exact) mass is 580 g/mol. The molecule has 1 amide bonds. The van der Waals surface area contributed by atoms with Crippen LogP contribution in [0.3, 0.4) is 0 Å². The zero-order valence-corrected chi connectivity index (χ0v) is 23.0. The van der Waals surface area contributed by atoms with Crippen LogP contribution in [0.15, 0.2) is 79.0 Å². The van der Waals surface area contributed by atoms with E-state index >= 15 is 0 Å². The average molecular weight is 581 g/mol. The van der Waals surface area contributed by atoms with Crippen molar-refractivity contribution in [2.45, 2.75) is 19.1 Å². The predicted octanol–water partition coefficient (Wildman–Crippen LogP) is 6.83. The Morgan fingerprint density at radius 1 is 1.05 bits per heavy atom. The van der Waals surface area contributed by atoms with Crippen molar-refractivity contribution in [1.82, 2.24) is 10.3 Å². The molecule has 1 aliphatic rings. The van der Waals surface area contributed by atoms with Crippen molar-refractivity contribution in [3.8, 4) is 16.9 Å². The first kappa shape index (κ1) is 28.3. The average Bonchev–Trinajstić information content (AvgIpc) is 2.97. The van der Waals surface area contributed by atoms with Crippen molar-refractivity contribution >= 4 is 29.0 Å². The molecule has 4 aromatic rings. The Balaban J connectivity index is 1.34. The summed E-state index contributed by atoms with van der Waals surface area (Å²) in [5, 5.41) is 6.41. The van der Waals surface area contributed by atoms with Crippen LogP contribution in [0.4, 0.5) is 24.7 Å². The number of pyridine rings is 1. The van der Waals surface area contributed by atoms with Crippen molar-refractivity contribution in [2.75, 3.05) is 37.0 Å². The number of fused-ring (bicyclic) bond motifs is 1. The Morgan fingerprint density at radius 3 is 2.68 bits per heavy atom. The van der Waals surface area contributed by atoms with Crippen LogP contribution in [0.1, 0.15) is 27.0 Å². The molecular formula is C31H28ClF3N4O2. The summed E-state index contributed by atoms with van der Waals surface area (Å²) in [6, 6.07) is 20.4. The number of para-hydroxylation sites is 1. The fraction of sp³-hybridized carbons (Fsp3) is 0.226. The van der Waals surface area contributed by atoms with Gasteiger partial charge in [0.2, 0.25) is 0 Å². The molecule has 0 saturated carbocycles. The van der Waals surface area contributed by atoms with Gasteiger partial charge < -0.3 is 20.3 Å². The molecule has 41 heavy (non-hydrogen) atoms. The van der Waals surface area contributed by atoms with Gasteiger partial charge in [0.05, 0.1) is 18.4 Å². The number of methoxy groups -OCH3 is 1. The summed E-state index contributed by atoms with van der Waals surface area (Å²) in [6.45, 7) is 1.47. The maximum absolute atomic E-state index is 13.7. The number of carbonyl (C=O) groups excluding carboxylic acids is 1. The Morgan fingerprint density at radius 2 is 1.88 bits per heavy atom. The molecule has 1 aliphatic heterocycles. The number of benzene rings is 3. The molecule has 6 nitrogen and oxygen atoms in total. The number of rotatable bonds is 8. The normalized spacial score (nSPS) is 12.9. The first-order valence-electron chi connectivity index (χ1n) is 13.1. The molecule has 1 aromatic heterocycles. The smallest absolute Gasteiger partial charge is 0.416 e. The lowest BCUT2D eigenvalue weighted by Crippen LogP contribution is -2.34. The van der Waals surface area contributed by atoms with E-state index in [2.05, 4.69) is 15.6 Å². The van der Waals surface area contributed by atoms with Crippen LogP contribution in [-0.2, 0) is 19.1 Å². The van der Waals surface area contributed by atoms with Crippen molar-refractivity contribution in [3.63, 3.8) is 0 Å². The Labute approximate surface area is 241 Å². The first-order chi connectivity index (χ1) is 19.7. The number of ether oxygens (including phenoxy) is 1. The zero-order chi connectivity index (χ0) is 29.0. The highest BCUT2D eigenvalue weighted by Gasteiger charge is 2.34. The molecule has 10 heteroatoms. The van der Waals surface area contributed by atoms with E-state index in [1.54, 1.807) is 31.5 Å². The molecular weight excluding hydrogens is 553 g/mol. The maximum atomic E-state index is 13.7. The lowest BCUT2D eigenvalue weighted by atomic mass is 10.0. The standard InChI is InChI=1S/C31H28ClF3N4O2/c1-41-28-8-3-2-5-20(28)11-12-37-30(40)22-7-4-6-21(15-22)23-17-27-29(38-18-23)36-13-14-39(27)19-24-16-25(32)9-10-26(24)31(33,34)35/h2-10,15-18H,11-14,19H2,1H3,(H,36,38)(H,37,40). The van der Waals surface area contributed by atoms with E-state index in [1.807, 2.05) is 41.3 Å². The van der Waals surface area contributed by atoms with Gasteiger partial charge in [0.15, 0.2) is 0 Å². The minimum atomic E-state index is -4.49. The van der Waals surface area contributed by atoms with Gasteiger partial charge in [0, 0.05) is 48.5 Å². The second-order valence-electron chi connectivity index (χ2n) is 9.64. The van der Waals surface area contributed by atoms with Crippen molar-refractivity contribution in [2.24, 2.45) is 0 Å². The topological polar surface area (TPSA) is 66.5 Å². The molecule has 0 saturated heterocycles. The minimum Gasteiger partial charge on any atom is -0.496 e. The summed E-state index contributed by atoms with van der Waals surface area (Å²) in [4.78, 5) is 19.3. The number of nitrogens with one attached hydrogen (secondary N) is 2. The molecule has 2 heterocycles. The summed E-state index contributed by atoms with van der Waals surface area (Å²) in [6.07, 6.45) is -2.19. The van der Waals surface area contributed by atoms with Gasteiger partial charge >= 0.3 is 6.18 Å². The van der Waals surface area contributed by atoms with E-state index < -0.39 is 11.7 Å². The fourth-order valence-corrected chi connectivity index (χ4v) is 5.11. The summed E-state index contributed by atoms with van der Waals surface area (Å²) < 4.78 is 46.5. The second-order valence-corrected chi connectivity index (χ2v) is 10.1. The number of alkyl halides is 3. The largest absolute Gasteiger partial charge is 0.496 e. The predicted molar refractivity (Wildman–Crippen MR) is 155 cm³/mol. The van der Waals surface area contributed by atoms with E-state index in [-0.39, 0.29) is 23.0 Å². The van der Waals surface area contributed by atoms with E-state index in [0.29, 0.717) is 43.1 Å². The molecule has 212 valence electrons. The molecule has 0 unspecified atom stereocenters. The Hall–Kier alpha value is -4.24. The van der Waals surface area contributed by atoms with Crippen LogP contribution in [0.25, 0.3) is 11.1 Å². The molecule has 2 N–H and O–H groups in total. The number of nitrogens with zero attached hydrogens (tertiary/aromatic N) is 2. The van der Waals surface area contributed by atoms with E-state index in [9.17, 15) is 18.0 Å². The molecule has 0 fully saturated rings. The number of halogens is 4. The third kappa shape index (κ3) is 6.57. The molecule has 0 radical (unpaired) electrons. The minimum absolute atomic E-state index is 0.0177. The van der Waals surface area contributed by atoms with Gasteiger partial charge in [-0.2, -0.15) is 13.2 Å².